The van der Waals surface area contributed by atoms with Crippen molar-refractivity contribution in [2.45, 2.75) is 36.8 Å². The molecule has 0 amide bonds. The molecule has 1 fully saturated rings. The summed E-state index contributed by atoms with van der Waals surface area (Å²) in [6, 6.07) is 18.8. The van der Waals surface area contributed by atoms with Crippen molar-refractivity contribution in [2.24, 2.45) is 10.8 Å². The Hall–Kier alpha value is -2.54. The maximum atomic E-state index is 10.1. The molecule has 0 saturated heterocycles. The van der Waals surface area contributed by atoms with Gasteiger partial charge in [0.1, 0.15) is 5.01 Å². The standard InChI is InChI=1S/C24H26N4OS/c1-23(29)14-24(25,15-23)19-10-8-16(9-11-19)20-21(17-6-4-3-5-7-17)30-22(27-20)18-12-26-28(2)13-18/h3-12,18,29H,13-15,25H2,1-2H3. The van der Waals surface area contributed by atoms with E-state index in [0.29, 0.717) is 12.8 Å². The van der Waals surface area contributed by atoms with Gasteiger partial charge in [-0.15, -0.1) is 11.3 Å². The van der Waals surface area contributed by atoms with Gasteiger partial charge in [-0.3, -0.25) is 5.01 Å². The molecule has 5 rings (SSSR count). The van der Waals surface area contributed by atoms with E-state index in [9.17, 15) is 5.11 Å². The second-order valence-corrected chi connectivity index (χ2v) is 9.92. The van der Waals surface area contributed by atoms with E-state index in [1.807, 2.05) is 31.3 Å². The fourth-order valence-corrected chi connectivity index (χ4v) is 5.81. The number of hydrogen-bond acceptors (Lipinski definition) is 6. The lowest BCUT2D eigenvalue weighted by molar-refractivity contribution is -0.0738. The molecule has 2 aromatic carbocycles. The Morgan fingerprint density at radius 2 is 1.77 bits per heavy atom. The lowest BCUT2D eigenvalue weighted by Crippen LogP contribution is -2.58. The van der Waals surface area contributed by atoms with E-state index >= 15 is 0 Å². The smallest absolute Gasteiger partial charge is 0.104 e. The largest absolute Gasteiger partial charge is 0.390 e. The minimum atomic E-state index is -0.659. The molecule has 1 saturated carbocycles. The maximum Gasteiger partial charge on any atom is 0.104 e. The zero-order chi connectivity index (χ0) is 20.9. The molecule has 1 unspecified atom stereocenters. The normalized spacial score (nSPS) is 28.0. The molecule has 0 radical (unpaired) electrons. The molecule has 2 aliphatic rings. The van der Waals surface area contributed by atoms with Crippen molar-refractivity contribution in [3.05, 3.63) is 65.2 Å². The first-order chi connectivity index (χ1) is 14.3. The van der Waals surface area contributed by atoms with Gasteiger partial charge < -0.3 is 10.8 Å². The third kappa shape index (κ3) is 3.45. The summed E-state index contributed by atoms with van der Waals surface area (Å²) < 4.78 is 0. The second-order valence-electron chi connectivity index (χ2n) is 8.89. The Morgan fingerprint density at radius 1 is 1.07 bits per heavy atom. The number of aromatic nitrogens is 1. The Balaban J connectivity index is 1.51. The molecule has 1 aromatic heterocycles. The third-order valence-corrected chi connectivity index (χ3v) is 7.26. The van der Waals surface area contributed by atoms with E-state index in [0.717, 1.165) is 28.4 Å². The summed E-state index contributed by atoms with van der Waals surface area (Å²) in [5.74, 6) is 0.222. The third-order valence-electron chi connectivity index (χ3n) is 6.03. The molecule has 2 heterocycles. The van der Waals surface area contributed by atoms with Crippen LogP contribution in [0.2, 0.25) is 0 Å². The first-order valence-corrected chi connectivity index (χ1v) is 11.1. The molecule has 3 N–H and O–H groups in total. The Bertz CT molecular complexity index is 1080. The minimum Gasteiger partial charge on any atom is -0.390 e. The van der Waals surface area contributed by atoms with Gasteiger partial charge in [0.25, 0.3) is 0 Å². The second kappa shape index (κ2) is 7.01. The van der Waals surface area contributed by atoms with Crippen LogP contribution in [0.4, 0.5) is 0 Å². The zero-order valence-electron chi connectivity index (χ0n) is 17.2. The first-order valence-electron chi connectivity index (χ1n) is 10.3. The van der Waals surface area contributed by atoms with E-state index in [1.54, 1.807) is 11.3 Å². The van der Waals surface area contributed by atoms with E-state index in [1.165, 1.54) is 10.4 Å². The summed E-state index contributed by atoms with van der Waals surface area (Å²) in [7, 11) is 1.99. The minimum absolute atomic E-state index is 0.222. The number of benzene rings is 2. The summed E-state index contributed by atoms with van der Waals surface area (Å²) >= 11 is 1.75. The van der Waals surface area contributed by atoms with Gasteiger partial charge >= 0.3 is 0 Å². The van der Waals surface area contributed by atoms with Crippen molar-refractivity contribution in [3.63, 3.8) is 0 Å². The number of thiazole rings is 1. The molecule has 5 nitrogen and oxygen atoms in total. The van der Waals surface area contributed by atoms with Gasteiger partial charge in [-0.1, -0.05) is 54.6 Å². The molecule has 1 atom stereocenters. The Labute approximate surface area is 180 Å². The molecule has 0 bridgehead atoms. The highest BCUT2D eigenvalue weighted by Gasteiger charge is 2.49. The summed E-state index contributed by atoms with van der Waals surface area (Å²) in [5.41, 5.74) is 9.74. The van der Waals surface area contributed by atoms with Crippen molar-refractivity contribution >= 4 is 17.6 Å². The number of rotatable bonds is 4. The van der Waals surface area contributed by atoms with Crippen LogP contribution in [-0.4, -0.2) is 40.5 Å². The van der Waals surface area contributed by atoms with Crippen LogP contribution in [0.25, 0.3) is 21.7 Å². The van der Waals surface area contributed by atoms with Crippen molar-refractivity contribution in [2.75, 3.05) is 13.6 Å². The van der Waals surface area contributed by atoms with Gasteiger partial charge in [0.05, 0.1) is 22.1 Å². The molecule has 30 heavy (non-hydrogen) atoms. The quantitative estimate of drug-likeness (QED) is 0.666. The molecule has 154 valence electrons. The summed E-state index contributed by atoms with van der Waals surface area (Å²) in [6.07, 6.45) is 3.16. The van der Waals surface area contributed by atoms with Crippen LogP contribution in [0.3, 0.4) is 0 Å². The fourth-order valence-electron chi connectivity index (χ4n) is 4.66. The van der Waals surface area contributed by atoms with Crippen molar-refractivity contribution in [1.82, 2.24) is 9.99 Å². The number of nitrogens with two attached hydrogens (primary N) is 1. The van der Waals surface area contributed by atoms with E-state index in [2.05, 4.69) is 53.6 Å². The Kier molecular flexibility index (Phi) is 4.54. The van der Waals surface area contributed by atoms with Crippen LogP contribution in [0.5, 0.6) is 0 Å². The molecule has 6 heteroatoms. The summed E-state index contributed by atoms with van der Waals surface area (Å²) in [5, 5.41) is 17.6. The van der Waals surface area contributed by atoms with Crippen LogP contribution in [-0.2, 0) is 5.54 Å². The lowest BCUT2D eigenvalue weighted by atomic mass is 9.63. The highest BCUT2D eigenvalue weighted by atomic mass is 32.1. The van der Waals surface area contributed by atoms with Crippen LogP contribution in [0, 0.1) is 0 Å². The van der Waals surface area contributed by atoms with Crippen molar-refractivity contribution < 1.29 is 5.11 Å². The number of likely N-dealkylation sites (N-methyl/N-ethyl adjacent to an activating group) is 1. The van der Waals surface area contributed by atoms with Gasteiger partial charge in [-0.2, -0.15) is 5.10 Å². The zero-order valence-corrected chi connectivity index (χ0v) is 18.1. The van der Waals surface area contributed by atoms with Gasteiger partial charge in [-0.25, -0.2) is 4.98 Å². The van der Waals surface area contributed by atoms with Crippen molar-refractivity contribution in [1.29, 1.82) is 0 Å². The number of nitrogens with zero attached hydrogens (tertiary/aromatic N) is 3. The monoisotopic (exact) mass is 418 g/mol. The van der Waals surface area contributed by atoms with E-state index < -0.39 is 11.1 Å². The van der Waals surface area contributed by atoms with Crippen LogP contribution in [0.1, 0.15) is 36.3 Å². The molecular formula is C24H26N4OS. The summed E-state index contributed by atoms with van der Waals surface area (Å²) in [6.45, 7) is 2.70. The lowest BCUT2D eigenvalue weighted by Gasteiger charge is -2.49. The van der Waals surface area contributed by atoms with Gasteiger partial charge in [0, 0.05) is 30.9 Å². The average Bonchev–Trinajstić information content (AvgIpc) is 3.34. The number of aliphatic hydroxyl groups is 1. The molecule has 1 aliphatic heterocycles. The summed E-state index contributed by atoms with van der Waals surface area (Å²) in [4.78, 5) is 6.23. The first kappa shape index (κ1) is 19.4. The predicted molar refractivity (Wildman–Crippen MR) is 123 cm³/mol. The van der Waals surface area contributed by atoms with E-state index in [-0.39, 0.29) is 5.92 Å². The molecule has 0 spiro atoms. The van der Waals surface area contributed by atoms with E-state index in [4.69, 9.17) is 10.7 Å². The SMILES string of the molecule is CN1CC(c2nc(-c3ccc(C4(N)CC(C)(O)C4)cc3)c(-c3ccccc3)s2)C=N1. The van der Waals surface area contributed by atoms with Crippen LogP contribution >= 0.6 is 11.3 Å². The fraction of sp³-hybridized carbons (Fsp3) is 0.333. The number of hydrogen-bond donors (Lipinski definition) is 2. The highest BCUT2D eigenvalue weighted by molar-refractivity contribution is 7.15. The predicted octanol–water partition coefficient (Wildman–Crippen LogP) is 4.19. The molecular weight excluding hydrogens is 392 g/mol. The average molecular weight is 419 g/mol. The van der Waals surface area contributed by atoms with Gasteiger partial charge in [0.15, 0.2) is 0 Å². The van der Waals surface area contributed by atoms with Crippen LogP contribution < -0.4 is 5.73 Å². The Morgan fingerprint density at radius 3 is 2.37 bits per heavy atom. The van der Waals surface area contributed by atoms with Crippen LogP contribution in [0.15, 0.2) is 59.7 Å². The van der Waals surface area contributed by atoms with Crippen molar-refractivity contribution in [3.8, 4) is 21.7 Å². The maximum absolute atomic E-state index is 10.1. The van der Waals surface area contributed by atoms with Gasteiger partial charge in [0.2, 0.25) is 0 Å². The number of hydrazone groups is 1. The highest BCUT2D eigenvalue weighted by Crippen LogP contribution is 2.47. The molecule has 3 aromatic rings. The van der Waals surface area contributed by atoms with Gasteiger partial charge in [-0.05, 0) is 30.9 Å². The topological polar surface area (TPSA) is 74.7 Å². The molecule has 1 aliphatic carbocycles.